The number of carbonyl (C=O) groups is 3. The van der Waals surface area contributed by atoms with Gasteiger partial charge in [0, 0.05) is 57.0 Å². The number of H-pyrrole nitrogens is 1. The van der Waals surface area contributed by atoms with Crippen LogP contribution >= 0.6 is 0 Å². The molecule has 144 valence electrons. The van der Waals surface area contributed by atoms with Crippen LogP contribution in [0.15, 0.2) is 24.5 Å². The van der Waals surface area contributed by atoms with Crippen LogP contribution in [0.5, 0.6) is 0 Å². The van der Waals surface area contributed by atoms with Crippen molar-refractivity contribution in [1.29, 1.82) is 0 Å². The van der Waals surface area contributed by atoms with Gasteiger partial charge in [0.25, 0.3) is 0 Å². The second-order valence-electron chi connectivity index (χ2n) is 7.70. The maximum atomic E-state index is 12.6. The SMILES string of the molecule is O=C(CCN1C(=O)[C@H]2CCCC[C@H]2C1=O)N1CCN(c2cc[nH+]cc2)CC1. The third-order valence-corrected chi connectivity index (χ3v) is 6.18. The molecule has 1 aromatic heterocycles. The number of carbonyl (C=O) groups excluding carboxylic acids is 3. The van der Waals surface area contributed by atoms with Crippen molar-refractivity contribution >= 4 is 23.4 Å². The number of nitrogens with one attached hydrogen (secondary N) is 1. The molecule has 0 spiro atoms. The number of rotatable bonds is 4. The number of imide groups is 1. The van der Waals surface area contributed by atoms with Crippen LogP contribution < -0.4 is 9.88 Å². The van der Waals surface area contributed by atoms with Gasteiger partial charge in [-0.2, -0.15) is 0 Å². The van der Waals surface area contributed by atoms with E-state index >= 15 is 0 Å². The summed E-state index contributed by atoms with van der Waals surface area (Å²) in [4.78, 5) is 46.1. The van der Waals surface area contributed by atoms with Crippen molar-refractivity contribution in [2.75, 3.05) is 37.6 Å². The van der Waals surface area contributed by atoms with E-state index in [1.807, 2.05) is 29.4 Å². The molecule has 1 saturated carbocycles. The van der Waals surface area contributed by atoms with E-state index in [2.05, 4.69) is 9.88 Å². The fourth-order valence-electron chi connectivity index (χ4n) is 4.62. The summed E-state index contributed by atoms with van der Waals surface area (Å²) in [5.41, 5.74) is 1.15. The molecular formula is C20H27N4O3+. The minimum absolute atomic E-state index is 0.0338. The maximum absolute atomic E-state index is 12.6. The smallest absolute Gasteiger partial charge is 0.233 e. The summed E-state index contributed by atoms with van der Waals surface area (Å²) in [7, 11) is 0. The number of likely N-dealkylation sites (tertiary alicyclic amines) is 1. The number of anilines is 1. The molecule has 3 amide bonds. The monoisotopic (exact) mass is 371 g/mol. The Kier molecular flexibility index (Phi) is 5.09. The number of aromatic amines is 1. The van der Waals surface area contributed by atoms with Gasteiger partial charge >= 0.3 is 0 Å². The zero-order chi connectivity index (χ0) is 18.8. The van der Waals surface area contributed by atoms with Crippen LogP contribution in [0.3, 0.4) is 0 Å². The number of aromatic nitrogens is 1. The second kappa shape index (κ2) is 7.66. The fraction of sp³-hybridized carbons (Fsp3) is 0.600. The molecule has 3 heterocycles. The molecule has 1 N–H and O–H groups in total. The highest BCUT2D eigenvalue weighted by Crippen LogP contribution is 2.38. The van der Waals surface area contributed by atoms with Crippen molar-refractivity contribution in [3.63, 3.8) is 0 Å². The molecule has 2 saturated heterocycles. The number of fused-ring (bicyclic) bond motifs is 1. The molecule has 1 aromatic rings. The van der Waals surface area contributed by atoms with Crippen molar-refractivity contribution in [2.45, 2.75) is 32.1 Å². The Labute approximate surface area is 159 Å². The molecule has 2 atom stereocenters. The molecule has 3 fully saturated rings. The summed E-state index contributed by atoms with van der Waals surface area (Å²) in [6.45, 7) is 3.16. The third-order valence-electron chi connectivity index (χ3n) is 6.18. The van der Waals surface area contributed by atoms with Crippen molar-refractivity contribution in [1.82, 2.24) is 9.80 Å². The molecule has 0 aromatic carbocycles. The normalized spacial score (nSPS) is 25.7. The molecule has 7 heteroatoms. The van der Waals surface area contributed by atoms with Crippen molar-refractivity contribution < 1.29 is 19.4 Å². The van der Waals surface area contributed by atoms with Gasteiger partial charge < -0.3 is 9.80 Å². The van der Waals surface area contributed by atoms with Gasteiger partial charge in [-0.1, -0.05) is 12.8 Å². The molecule has 1 aliphatic carbocycles. The van der Waals surface area contributed by atoms with Crippen LogP contribution in [0, 0.1) is 11.8 Å². The van der Waals surface area contributed by atoms with Crippen molar-refractivity contribution in [2.24, 2.45) is 11.8 Å². The van der Waals surface area contributed by atoms with Gasteiger partial charge in [-0.05, 0) is 12.8 Å². The van der Waals surface area contributed by atoms with Crippen LogP contribution in [0.2, 0.25) is 0 Å². The minimum Gasteiger partial charge on any atom is -0.368 e. The molecule has 4 rings (SSSR count). The first-order valence-electron chi connectivity index (χ1n) is 9.99. The molecule has 2 aliphatic heterocycles. The second-order valence-corrected chi connectivity index (χ2v) is 7.70. The van der Waals surface area contributed by atoms with Gasteiger partial charge in [0.2, 0.25) is 17.7 Å². The average molecular weight is 371 g/mol. The largest absolute Gasteiger partial charge is 0.368 e. The minimum atomic E-state index is -0.131. The topological polar surface area (TPSA) is 75.1 Å². The zero-order valence-corrected chi connectivity index (χ0v) is 15.6. The Morgan fingerprint density at radius 2 is 1.56 bits per heavy atom. The molecule has 0 unspecified atom stereocenters. The average Bonchev–Trinajstić information content (AvgIpc) is 2.97. The first-order valence-corrected chi connectivity index (χ1v) is 9.99. The quantitative estimate of drug-likeness (QED) is 0.731. The van der Waals surface area contributed by atoms with E-state index in [4.69, 9.17) is 0 Å². The van der Waals surface area contributed by atoms with E-state index in [1.165, 1.54) is 4.90 Å². The van der Waals surface area contributed by atoms with E-state index in [0.717, 1.165) is 44.5 Å². The van der Waals surface area contributed by atoms with E-state index in [-0.39, 0.29) is 42.5 Å². The molecule has 27 heavy (non-hydrogen) atoms. The Bertz CT molecular complexity index is 691. The number of piperazine rings is 1. The Balaban J connectivity index is 1.28. The number of pyridine rings is 1. The molecule has 7 nitrogen and oxygen atoms in total. The van der Waals surface area contributed by atoms with Gasteiger partial charge in [-0.3, -0.25) is 19.3 Å². The fourth-order valence-corrected chi connectivity index (χ4v) is 4.62. The van der Waals surface area contributed by atoms with Crippen LogP contribution in [0.1, 0.15) is 32.1 Å². The lowest BCUT2D eigenvalue weighted by Gasteiger charge is -2.36. The lowest BCUT2D eigenvalue weighted by molar-refractivity contribution is -0.377. The molecule has 3 aliphatic rings. The maximum Gasteiger partial charge on any atom is 0.233 e. The van der Waals surface area contributed by atoms with Gasteiger partial charge in [0.15, 0.2) is 12.4 Å². The summed E-state index contributed by atoms with van der Waals surface area (Å²) in [5, 5.41) is 0. The van der Waals surface area contributed by atoms with Crippen molar-refractivity contribution in [3.05, 3.63) is 24.5 Å². The van der Waals surface area contributed by atoms with Crippen LogP contribution in [0.25, 0.3) is 0 Å². The number of hydrogen-bond acceptors (Lipinski definition) is 4. The Morgan fingerprint density at radius 1 is 0.963 bits per heavy atom. The Morgan fingerprint density at radius 3 is 2.15 bits per heavy atom. The summed E-state index contributed by atoms with van der Waals surface area (Å²) >= 11 is 0. The number of nitrogens with zero attached hydrogens (tertiary/aromatic N) is 3. The van der Waals surface area contributed by atoms with Crippen molar-refractivity contribution in [3.8, 4) is 0 Å². The van der Waals surface area contributed by atoms with Gasteiger partial charge in [0.1, 0.15) is 0 Å². The highest BCUT2D eigenvalue weighted by Gasteiger charge is 2.47. The summed E-state index contributed by atoms with van der Waals surface area (Å²) < 4.78 is 0. The number of hydrogen-bond donors (Lipinski definition) is 0. The lowest BCUT2D eigenvalue weighted by Crippen LogP contribution is -2.49. The van der Waals surface area contributed by atoms with E-state index in [0.29, 0.717) is 13.1 Å². The van der Waals surface area contributed by atoms with Crippen LogP contribution in [-0.4, -0.2) is 60.2 Å². The Hall–Kier alpha value is -2.44. The highest BCUT2D eigenvalue weighted by molar-refractivity contribution is 6.05. The van der Waals surface area contributed by atoms with Gasteiger partial charge in [-0.25, -0.2) is 4.98 Å². The standard InChI is InChI=1S/C20H26N4O3/c25-18(23-13-11-22(12-14-23)15-5-8-21-9-6-15)7-10-24-19(26)16-3-1-2-4-17(16)20(24)27/h5-6,8-9,16-17H,1-4,7,10-14H2/p+1/t16-,17+. The number of amides is 3. The lowest BCUT2D eigenvalue weighted by atomic mass is 9.81. The van der Waals surface area contributed by atoms with Gasteiger partial charge in [-0.15, -0.1) is 0 Å². The first-order chi connectivity index (χ1) is 13.1. The zero-order valence-electron chi connectivity index (χ0n) is 15.6. The predicted molar refractivity (Wildman–Crippen MR) is 98.6 cm³/mol. The predicted octanol–water partition coefficient (Wildman–Crippen LogP) is 0.715. The van der Waals surface area contributed by atoms with Crippen LogP contribution in [-0.2, 0) is 14.4 Å². The summed E-state index contributed by atoms with van der Waals surface area (Å²) in [6, 6.07) is 4.06. The molecule has 0 bridgehead atoms. The third kappa shape index (κ3) is 3.55. The van der Waals surface area contributed by atoms with Gasteiger partial charge in [0.05, 0.1) is 11.8 Å². The van der Waals surface area contributed by atoms with Crippen LogP contribution in [0.4, 0.5) is 5.69 Å². The first kappa shape index (κ1) is 17.9. The van der Waals surface area contributed by atoms with E-state index < -0.39 is 0 Å². The molecule has 0 radical (unpaired) electrons. The van der Waals surface area contributed by atoms with E-state index in [9.17, 15) is 14.4 Å². The summed E-state index contributed by atoms with van der Waals surface area (Å²) in [6.07, 6.45) is 7.71. The molecular weight excluding hydrogens is 344 g/mol. The van der Waals surface area contributed by atoms with E-state index in [1.54, 1.807) is 0 Å². The highest BCUT2D eigenvalue weighted by atomic mass is 16.2. The summed E-state index contributed by atoms with van der Waals surface area (Å²) in [5.74, 6) is -0.334.